The number of hydrogen-bond donors (Lipinski definition) is 1. The van der Waals surface area contributed by atoms with Crippen LogP contribution in [0.3, 0.4) is 0 Å². The Bertz CT molecular complexity index is 479. The molecule has 7 heteroatoms. The monoisotopic (exact) mass is 352 g/mol. The maximum absolute atomic E-state index is 10.1. The minimum atomic E-state index is -0.182. The van der Waals surface area contributed by atoms with Crippen LogP contribution < -0.4 is 5.32 Å². The molecule has 1 fully saturated rings. The van der Waals surface area contributed by atoms with Crippen LogP contribution in [0.5, 0.6) is 0 Å². The van der Waals surface area contributed by atoms with Crippen LogP contribution in [0.15, 0.2) is 35.5 Å². The Labute approximate surface area is 148 Å². The van der Waals surface area contributed by atoms with E-state index in [2.05, 4.69) is 27.1 Å². The standard InChI is InChI=1S/C8H13N3.C6H12O2.C3H3NS/c1-3-8(9-4-1)7-11-6-2-5-10-11;1-3-4-5-8-6(2)7;1-2-5-3-4-1/h2,5-6,8-9H,1,3-4,7H2;3-5H2,1-2H3;1-3H. The molecule has 0 amide bonds. The van der Waals surface area contributed by atoms with Crippen molar-refractivity contribution in [3.05, 3.63) is 35.5 Å². The van der Waals surface area contributed by atoms with Gasteiger partial charge in [0.15, 0.2) is 0 Å². The van der Waals surface area contributed by atoms with Gasteiger partial charge in [-0.1, -0.05) is 13.3 Å². The topological polar surface area (TPSA) is 69.0 Å². The summed E-state index contributed by atoms with van der Waals surface area (Å²) >= 11 is 1.60. The first-order chi connectivity index (χ1) is 11.7. The second-order valence-corrected chi connectivity index (χ2v) is 6.15. The van der Waals surface area contributed by atoms with Gasteiger partial charge < -0.3 is 10.1 Å². The third-order valence-electron chi connectivity index (χ3n) is 3.28. The molecule has 24 heavy (non-hydrogen) atoms. The number of esters is 1. The number of nitrogens with zero attached hydrogens (tertiary/aromatic N) is 3. The highest BCUT2D eigenvalue weighted by molar-refractivity contribution is 7.07. The molecule has 3 rings (SSSR count). The number of unbranched alkanes of at least 4 members (excludes halogenated alkanes) is 1. The Kier molecular flexibility index (Phi) is 11.6. The summed E-state index contributed by atoms with van der Waals surface area (Å²) < 4.78 is 6.63. The zero-order valence-electron chi connectivity index (χ0n) is 14.6. The van der Waals surface area contributed by atoms with E-state index in [0.717, 1.165) is 19.4 Å². The van der Waals surface area contributed by atoms with Gasteiger partial charge in [-0.2, -0.15) is 5.10 Å². The number of nitrogens with one attached hydrogen (secondary N) is 1. The smallest absolute Gasteiger partial charge is 0.302 e. The van der Waals surface area contributed by atoms with Crippen molar-refractivity contribution in [2.75, 3.05) is 13.2 Å². The zero-order valence-corrected chi connectivity index (χ0v) is 15.4. The third-order valence-corrected chi connectivity index (χ3v) is 3.80. The summed E-state index contributed by atoms with van der Waals surface area (Å²) in [6.45, 7) is 6.25. The van der Waals surface area contributed by atoms with Crippen molar-refractivity contribution < 1.29 is 9.53 Å². The number of ether oxygens (including phenoxy) is 1. The molecule has 1 aliphatic rings. The van der Waals surface area contributed by atoms with E-state index in [0.29, 0.717) is 12.6 Å². The number of aromatic nitrogens is 3. The summed E-state index contributed by atoms with van der Waals surface area (Å²) in [6, 6.07) is 2.62. The molecular weight excluding hydrogens is 324 g/mol. The summed E-state index contributed by atoms with van der Waals surface area (Å²) in [6.07, 6.45) is 10.3. The van der Waals surface area contributed by atoms with Gasteiger partial charge in [-0.3, -0.25) is 14.5 Å². The maximum atomic E-state index is 10.1. The second-order valence-electron chi connectivity index (χ2n) is 5.39. The molecule has 1 unspecified atom stereocenters. The van der Waals surface area contributed by atoms with Gasteiger partial charge >= 0.3 is 5.97 Å². The van der Waals surface area contributed by atoms with Crippen LogP contribution in [-0.4, -0.2) is 39.9 Å². The molecular formula is C17H28N4O2S. The van der Waals surface area contributed by atoms with Crippen LogP contribution >= 0.6 is 11.3 Å². The van der Waals surface area contributed by atoms with Crippen LogP contribution in [0, 0.1) is 0 Å². The summed E-state index contributed by atoms with van der Waals surface area (Å²) in [4.78, 5) is 13.8. The molecule has 1 atom stereocenters. The van der Waals surface area contributed by atoms with E-state index in [1.807, 2.05) is 28.5 Å². The van der Waals surface area contributed by atoms with Crippen molar-refractivity contribution in [2.45, 2.75) is 52.1 Å². The highest BCUT2D eigenvalue weighted by atomic mass is 32.1. The molecule has 3 heterocycles. The van der Waals surface area contributed by atoms with E-state index in [9.17, 15) is 4.79 Å². The first-order valence-corrected chi connectivity index (χ1v) is 9.33. The highest BCUT2D eigenvalue weighted by Gasteiger charge is 2.13. The van der Waals surface area contributed by atoms with E-state index in [1.165, 1.54) is 26.3 Å². The Morgan fingerprint density at radius 1 is 1.46 bits per heavy atom. The van der Waals surface area contributed by atoms with Crippen LogP contribution in [0.2, 0.25) is 0 Å². The van der Waals surface area contributed by atoms with Gasteiger partial charge in [0.05, 0.1) is 18.7 Å². The SMILES string of the molecule is CCCCOC(C)=O.c1cnn(CC2CCCN2)c1.c1cscn1. The largest absolute Gasteiger partial charge is 0.466 e. The van der Waals surface area contributed by atoms with Crippen molar-refractivity contribution in [1.29, 1.82) is 0 Å². The van der Waals surface area contributed by atoms with Crippen molar-refractivity contribution in [2.24, 2.45) is 0 Å². The predicted octanol–water partition coefficient (Wildman–Crippen LogP) is 3.13. The lowest BCUT2D eigenvalue weighted by Crippen LogP contribution is -2.26. The van der Waals surface area contributed by atoms with E-state index in [4.69, 9.17) is 0 Å². The molecule has 2 aromatic heterocycles. The van der Waals surface area contributed by atoms with Gasteiger partial charge in [-0.25, -0.2) is 0 Å². The lowest BCUT2D eigenvalue weighted by molar-refractivity contribution is -0.141. The maximum Gasteiger partial charge on any atom is 0.302 e. The van der Waals surface area contributed by atoms with Crippen LogP contribution in [-0.2, 0) is 16.1 Å². The summed E-state index contributed by atoms with van der Waals surface area (Å²) in [7, 11) is 0. The first kappa shape index (κ1) is 20.3. The van der Waals surface area contributed by atoms with E-state index in [1.54, 1.807) is 23.0 Å². The number of rotatable bonds is 5. The number of carbonyl (C=O) groups excluding carboxylic acids is 1. The molecule has 1 aliphatic heterocycles. The Morgan fingerprint density at radius 3 is 2.79 bits per heavy atom. The molecule has 0 aromatic carbocycles. The second kappa shape index (κ2) is 13.7. The third kappa shape index (κ3) is 10.9. The Balaban J connectivity index is 0.000000195. The van der Waals surface area contributed by atoms with Crippen LogP contribution in [0.25, 0.3) is 0 Å². The van der Waals surface area contributed by atoms with Gasteiger partial charge in [0.1, 0.15) is 0 Å². The molecule has 1 saturated heterocycles. The molecule has 134 valence electrons. The van der Waals surface area contributed by atoms with E-state index in [-0.39, 0.29) is 5.97 Å². The first-order valence-electron chi connectivity index (χ1n) is 8.38. The molecule has 0 saturated carbocycles. The number of hydrogen-bond acceptors (Lipinski definition) is 6. The minimum Gasteiger partial charge on any atom is -0.466 e. The van der Waals surface area contributed by atoms with Gasteiger partial charge in [0, 0.05) is 36.9 Å². The molecule has 0 spiro atoms. The Hall–Kier alpha value is -1.73. The fourth-order valence-corrected chi connectivity index (χ4v) is 2.43. The number of thiazole rings is 1. The van der Waals surface area contributed by atoms with Gasteiger partial charge in [-0.05, 0) is 31.9 Å². The fourth-order valence-electron chi connectivity index (χ4n) is 2.08. The zero-order chi connectivity index (χ0) is 17.5. The summed E-state index contributed by atoms with van der Waals surface area (Å²) in [5, 5.41) is 9.52. The molecule has 2 aromatic rings. The molecule has 0 bridgehead atoms. The van der Waals surface area contributed by atoms with Crippen molar-refractivity contribution >= 4 is 17.3 Å². The lowest BCUT2D eigenvalue weighted by Gasteiger charge is -2.08. The predicted molar refractivity (Wildman–Crippen MR) is 96.9 cm³/mol. The Morgan fingerprint density at radius 2 is 2.33 bits per heavy atom. The summed E-state index contributed by atoms with van der Waals surface area (Å²) in [5.41, 5.74) is 1.79. The van der Waals surface area contributed by atoms with Gasteiger partial charge in [-0.15, -0.1) is 11.3 Å². The van der Waals surface area contributed by atoms with Crippen molar-refractivity contribution in [3.8, 4) is 0 Å². The highest BCUT2D eigenvalue weighted by Crippen LogP contribution is 2.06. The normalized spacial score (nSPS) is 15.7. The van der Waals surface area contributed by atoms with Crippen molar-refractivity contribution in [1.82, 2.24) is 20.1 Å². The fraction of sp³-hybridized carbons (Fsp3) is 0.588. The van der Waals surface area contributed by atoms with Crippen LogP contribution in [0.1, 0.15) is 39.5 Å². The number of carbonyl (C=O) groups is 1. The van der Waals surface area contributed by atoms with Crippen LogP contribution in [0.4, 0.5) is 0 Å². The lowest BCUT2D eigenvalue weighted by atomic mass is 10.2. The minimum absolute atomic E-state index is 0.182. The molecule has 6 nitrogen and oxygen atoms in total. The van der Waals surface area contributed by atoms with Gasteiger partial charge in [0.2, 0.25) is 0 Å². The molecule has 1 N–H and O–H groups in total. The summed E-state index contributed by atoms with van der Waals surface area (Å²) in [5.74, 6) is -0.182. The average Bonchev–Trinajstić information content (AvgIpc) is 3.34. The molecule has 0 radical (unpaired) electrons. The molecule has 0 aliphatic carbocycles. The van der Waals surface area contributed by atoms with E-state index < -0.39 is 0 Å². The van der Waals surface area contributed by atoms with Gasteiger partial charge in [0.25, 0.3) is 0 Å². The quantitative estimate of drug-likeness (QED) is 0.661. The van der Waals surface area contributed by atoms with Crippen molar-refractivity contribution in [3.63, 3.8) is 0 Å². The van der Waals surface area contributed by atoms with E-state index >= 15 is 0 Å². The average molecular weight is 353 g/mol.